The molecule has 0 spiro atoms. The van der Waals surface area contributed by atoms with Crippen LogP contribution in [0.3, 0.4) is 0 Å². The van der Waals surface area contributed by atoms with E-state index in [1.165, 1.54) is 89.4 Å². The maximum Gasteiger partial charge on any atom is 0.159 e. The Morgan fingerprint density at radius 2 is 0.652 bits per heavy atom. The lowest BCUT2D eigenvalue weighted by Gasteiger charge is -2.30. The number of para-hydroxylation sites is 2. The number of fused-ring (bicyclic) bond motifs is 12. The van der Waals surface area contributed by atoms with Gasteiger partial charge in [-0.05, 0) is 132 Å². The predicted molar refractivity (Wildman–Crippen MR) is 273 cm³/mol. The quantitative estimate of drug-likeness (QED) is 0.159. The minimum Gasteiger partial charge on any atom is -0.454 e. The number of hydrogen-bond acceptors (Lipinski definition) is 3. The van der Waals surface area contributed by atoms with Crippen LogP contribution in [-0.4, -0.2) is 0 Å². The van der Waals surface area contributed by atoms with Gasteiger partial charge in [0, 0.05) is 41.4 Å². The van der Waals surface area contributed by atoms with Crippen molar-refractivity contribution in [3.05, 3.63) is 252 Å². The minimum atomic E-state index is 0.882. The van der Waals surface area contributed by atoms with Crippen molar-refractivity contribution in [3.8, 4) is 44.5 Å². The van der Waals surface area contributed by atoms with Gasteiger partial charge in [0.1, 0.15) is 5.58 Å². The smallest absolute Gasteiger partial charge is 0.159 e. The molecule has 0 saturated heterocycles. The monoisotopic (exact) mass is 842 g/mol. The molecule has 0 atom stereocenters. The molecular formula is C63H42N2O. The van der Waals surface area contributed by atoms with Gasteiger partial charge in [-0.1, -0.05) is 164 Å². The number of hydrogen-bond donors (Lipinski definition) is 0. The van der Waals surface area contributed by atoms with Crippen molar-refractivity contribution in [3.63, 3.8) is 0 Å². The molecule has 1 aromatic heterocycles. The minimum absolute atomic E-state index is 0.882. The third-order valence-electron chi connectivity index (χ3n) is 14.4. The first kappa shape index (κ1) is 37.0. The zero-order chi connectivity index (χ0) is 43.3. The third-order valence-corrected chi connectivity index (χ3v) is 14.4. The lowest BCUT2D eigenvalue weighted by atomic mass is 9.99. The topological polar surface area (TPSA) is 19.6 Å². The van der Waals surface area contributed by atoms with Crippen molar-refractivity contribution in [1.29, 1.82) is 0 Å². The van der Waals surface area contributed by atoms with Crippen LogP contribution in [0.1, 0.15) is 33.4 Å². The van der Waals surface area contributed by atoms with Crippen molar-refractivity contribution < 1.29 is 4.42 Å². The van der Waals surface area contributed by atoms with Crippen LogP contribution in [0.15, 0.2) is 223 Å². The molecule has 0 saturated carbocycles. The van der Waals surface area contributed by atoms with E-state index in [9.17, 15) is 0 Å². The van der Waals surface area contributed by atoms with Crippen molar-refractivity contribution in [2.45, 2.75) is 19.3 Å². The number of rotatable bonds is 7. The Morgan fingerprint density at radius 3 is 1.14 bits per heavy atom. The molecule has 3 aliphatic rings. The summed E-state index contributed by atoms with van der Waals surface area (Å²) in [6, 6.07) is 80.2. The molecule has 3 aliphatic carbocycles. The second kappa shape index (κ2) is 14.6. The van der Waals surface area contributed by atoms with Gasteiger partial charge < -0.3 is 14.2 Å². The predicted octanol–water partition coefficient (Wildman–Crippen LogP) is 16.9. The van der Waals surface area contributed by atoms with E-state index in [0.29, 0.717) is 0 Å². The first-order chi connectivity index (χ1) is 32.7. The van der Waals surface area contributed by atoms with Crippen molar-refractivity contribution >= 4 is 56.1 Å². The normalized spacial score (nSPS) is 12.7. The number of anilines is 6. The average Bonchev–Trinajstić information content (AvgIpc) is 4.16. The second-order valence-electron chi connectivity index (χ2n) is 17.9. The van der Waals surface area contributed by atoms with Crippen LogP contribution in [0.2, 0.25) is 0 Å². The van der Waals surface area contributed by atoms with Gasteiger partial charge in [0.05, 0.1) is 22.7 Å². The van der Waals surface area contributed by atoms with Crippen LogP contribution in [-0.2, 0) is 19.3 Å². The number of nitrogens with zero attached hydrogens (tertiary/aromatic N) is 2. The molecule has 0 unspecified atom stereocenters. The zero-order valence-corrected chi connectivity index (χ0v) is 36.2. The molecule has 0 fully saturated rings. The first-order valence-electron chi connectivity index (χ1n) is 23.0. The van der Waals surface area contributed by atoms with E-state index in [1.54, 1.807) is 0 Å². The second-order valence-corrected chi connectivity index (χ2v) is 17.9. The molecule has 66 heavy (non-hydrogen) atoms. The summed E-state index contributed by atoms with van der Waals surface area (Å²) >= 11 is 0. The van der Waals surface area contributed by atoms with Gasteiger partial charge >= 0.3 is 0 Å². The van der Waals surface area contributed by atoms with Crippen LogP contribution in [0.25, 0.3) is 66.4 Å². The summed E-state index contributed by atoms with van der Waals surface area (Å²) in [7, 11) is 0. The fourth-order valence-electron chi connectivity index (χ4n) is 11.4. The average molecular weight is 843 g/mol. The molecule has 14 rings (SSSR count). The van der Waals surface area contributed by atoms with Gasteiger partial charge in [0.15, 0.2) is 5.58 Å². The van der Waals surface area contributed by atoms with E-state index >= 15 is 0 Å². The summed E-state index contributed by atoms with van der Waals surface area (Å²) in [6.07, 6.45) is 2.71. The Hall–Kier alpha value is -8.40. The Bertz CT molecular complexity index is 3650. The highest BCUT2D eigenvalue weighted by molar-refractivity contribution is 6.10. The molecule has 0 aliphatic heterocycles. The molecule has 3 heteroatoms. The molecular weight excluding hydrogens is 801 g/mol. The van der Waals surface area contributed by atoms with Gasteiger partial charge in [-0.25, -0.2) is 0 Å². The van der Waals surface area contributed by atoms with Crippen LogP contribution >= 0.6 is 0 Å². The van der Waals surface area contributed by atoms with Gasteiger partial charge in [-0.3, -0.25) is 0 Å². The van der Waals surface area contributed by atoms with E-state index in [4.69, 9.17) is 4.42 Å². The number of furan rings is 1. The fraction of sp³-hybridized carbons (Fsp3) is 0.0476. The van der Waals surface area contributed by atoms with E-state index in [1.807, 2.05) is 6.07 Å². The zero-order valence-electron chi connectivity index (χ0n) is 36.2. The van der Waals surface area contributed by atoms with Crippen LogP contribution < -0.4 is 9.80 Å². The molecule has 0 amide bonds. The molecule has 0 N–H and O–H groups in total. The van der Waals surface area contributed by atoms with Crippen molar-refractivity contribution in [2.75, 3.05) is 9.80 Å². The fourth-order valence-corrected chi connectivity index (χ4v) is 11.4. The lowest BCUT2D eigenvalue weighted by molar-refractivity contribution is 0.669. The summed E-state index contributed by atoms with van der Waals surface area (Å²) in [5.41, 5.74) is 27.2. The summed E-state index contributed by atoms with van der Waals surface area (Å²) in [4.78, 5) is 4.93. The van der Waals surface area contributed by atoms with Crippen molar-refractivity contribution in [2.24, 2.45) is 0 Å². The maximum absolute atomic E-state index is 6.71. The highest BCUT2D eigenvalue weighted by atomic mass is 16.3. The molecule has 310 valence electrons. The Morgan fingerprint density at radius 1 is 0.288 bits per heavy atom. The summed E-state index contributed by atoms with van der Waals surface area (Å²) in [5, 5.41) is 2.24. The highest BCUT2D eigenvalue weighted by Crippen LogP contribution is 2.51. The summed E-state index contributed by atoms with van der Waals surface area (Å²) in [6.45, 7) is 0. The van der Waals surface area contributed by atoms with E-state index in [-0.39, 0.29) is 0 Å². The lowest BCUT2D eigenvalue weighted by Crippen LogP contribution is -2.14. The molecule has 10 aromatic carbocycles. The van der Waals surface area contributed by atoms with E-state index in [2.05, 4.69) is 222 Å². The third kappa shape index (κ3) is 5.63. The highest BCUT2D eigenvalue weighted by Gasteiger charge is 2.30. The van der Waals surface area contributed by atoms with E-state index in [0.717, 1.165) is 63.8 Å². The first-order valence-corrected chi connectivity index (χ1v) is 23.0. The molecule has 0 bridgehead atoms. The van der Waals surface area contributed by atoms with E-state index < -0.39 is 0 Å². The Balaban J connectivity index is 0.872. The molecule has 1 heterocycles. The molecule has 0 radical (unpaired) electrons. The summed E-state index contributed by atoms with van der Waals surface area (Å²) < 4.78 is 6.71. The summed E-state index contributed by atoms with van der Waals surface area (Å²) in [5.74, 6) is 0. The van der Waals surface area contributed by atoms with Gasteiger partial charge in [-0.15, -0.1) is 0 Å². The van der Waals surface area contributed by atoms with Gasteiger partial charge in [0.25, 0.3) is 0 Å². The molecule has 11 aromatic rings. The SMILES string of the molecule is c1ccc2c(c1)Cc1c-2cccc1N(c1ccc(-c2ccc(N(c3cccc4c3Cc3ccccc3-4)c3cccc4c3oc3ccccc34)cc2)cc1)c1cccc2c1Cc1ccccc1-2. The number of benzene rings is 10. The maximum atomic E-state index is 6.71. The standard InChI is InChI=1S/C63H42N2O/c1-4-16-47-42(13-1)37-55-50(47)20-9-24-58(55)64(59-25-10-21-51-48-17-5-2-14-43(48)38-56(51)59)45-33-29-40(30-34-45)41-31-35-46(36-32-41)65(60-26-11-22-52-49-18-6-3-15-44(49)39-57(52)60)61-27-12-23-54-53-19-7-8-28-62(53)66-63(54)61/h1-36H,37-39H2. The van der Waals surface area contributed by atoms with Crippen LogP contribution in [0.4, 0.5) is 34.1 Å². The Kier molecular flexibility index (Phi) is 8.17. The van der Waals surface area contributed by atoms with Crippen LogP contribution in [0.5, 0.6) is 0 Å². The van der Waals surface area contributed by atoms with Gasteiger partial charge in [-0.2, -0.15) is 0 Å². The molecule has 3 nitrogen and oxygen atoms in total. The largest absolute Gasteiger partial charge is 0.454 e. The van der Waals surface area contributed by atoms with Crippen LogP contribution in [0, 0.1) is 0 Å². The Labute approximate surface area is 384 Å². The van der Waals surface area contributed by atoms with Gasteiger partial charge in [0.2, 0.25) is 0 Å². The van der Waals surface area contributed by atoms with Crippen molar-refractivity contribution in [1.82, 2.24) is 0 Å².